The van der Waals surface area contributed by atoms with E-state index in [0.717, 1.165) is 0 Å². The molecule has 0 saturated carbocycles. The third kappa shape index (κ3) is 4.18. The summed E-state index contributed by atoms with van der Waals surface area (Å²) in [4.78, 5) is 24.1. The van der Waals surface area contributed by atoms with E-state index in [-0.39, 0.29) is 17.9 Å². The first kappa shape index (κ1) is 17.5. The first-order valence-electron chi connectivity index (χ1n) is 8.22. The second-order valence-corrected chi connectivity index (χ2v) is 5.61. The molecule has 7 heteroatoms. The van der Waals surface area contributed by atoms with Gasteiger partial charge in [-0.15, -0.1) is 0 Å². The van der Waals surface area contributed by atoms with Crippen LogP contribution in [0, 0.1) is 0 Å². The molecule has 7 nitrogen and oxygen atoms in total. The molecular weight excluding hydrogens is 334 g/mol. The average Bonchev–Trinajstić information content (AvgIpc) is 3.18. The molecule has 0 saturated heterocycles. The van der Waals surface area contributed by atoms with Gasteiger partial charge in [-0.1, -0.05) is 12.1 Å². The third-order valence-electron chi connectivity index (χ3n) is 3.80. The van der Waals surface area contributed by atoms with Crippen LogP contribution in [0.2, 0.25) is 0 Å². The van der Waals surface area contributed by atoms with Gasteiger partial charge in [0.2, 0.25) is 5.91 Å². The van der Waals surface area contributed by atoms with Gasteiger partial charge in [-0.3, -0.25) is 9.59 Å². The Balaban J connectivity index is 1.58. The summed E-state index contributed by atoms with van der Waals surface area (Å²) in [6, 6.07) is 13.8. The second-order valence-electron chi connectivity index (χ2n) is 5.61. The van der Waals surface area contributed by atoms with E-state index >= 15 is 0 Å². The zero-order valence-corrected chi connectivity index (χ0v) is 14.3. The maximum atomic E-state index is 12.1. The lowest BCUT2D eigenvalue weighted by Gasteiger charge is -2.10. The molecule has 0 aliphatic rings. The van der Waals surface area contributed by atoms with Gasteiger partial charge in [0, 0.05) is 19.0 Å². The van der Waals surface area contributed by atoms with Crippen LogP contribution in [0.1, 0.15) is 12.8 Å². The Morgan fingerprint density at radius 1 is 1.19 bits per heavy atom. The van der Waals surface area contributed by atoms with Crippen molar-refractivity contribution in [2.45, 2.75) is 19.4 Å². The fourth-order valence-electron chi connectivity index (χ4n) is 2.51. The molecule has 3 aromatic rings. The van der Waals surface area contributed by atoms with E-state index in [4.69, 9.17) is 9.15 Å². The van der Waals surface area contributed by atoms with Gasteiger partial charge in [0.05, 0.1) is 19.1 Å². The van der Waals surface area contributed by atoms with Crippen molar-refractivity contribution in [2.75, 3.05) is 12.4 Å². The lowest BCUT2D eigenvalue weighted by molar-refractivity contribution is -0.116. The Bertz CT molecular complexity index is 932. The lowest BCUT2D eigenvalue weighted by atomic mass is 10.2. The first-order chi connectivity index (χ1) is 12.7. The molecule has 134 valence electrons. The Morgan fingerprint density at radius 3 is 2.81 bits per heavy atom. The minimum absolute atomic E-state index is 0.148. The van der Waals surface area contributed by atoms with E-state index in [1.165, 1.54) is 10.7 Å². The molecule has 1 amide bonds. The highest BCUT2D eigenvalue weighted by molar-refractivity contribution is 5.92. The predicted molar refractivity (Wildman–Crippen MR) is 97.1 cm³/mol. The van der Waals surface area contributed by atoms with Gasteiger partial charge >= 0.3 is 0 Å². The molecule has 3 rings (SSSR count). The lowest BCUT2D eigenvalue weighted by Crippen LogP contribution is -2.23. The summed E-state index contributed by atoms with van der Waals surface area (Å²) in [6.45, 7) is 0.340. The van der Waals surface area contributed by atoms with Crippen LogP contribution < -0.4 is 15.6 Å². The van der Waals surface area contributed by atoms with Gasteiger partial charge in [-0.25, -0.2) is 4.68 Å². The largest absolute Gasteiger partial charge is 0.495 e. The fourth-order valence-corrected chi connectivity index (χ4v) is 2.51. The van der Waals surface area contributed by atoms with Crippen LogP contribution in [0.15, 0.2) is 64.0 Å². The standard InChI is InChI=1S/C19H19N3O4/c1-25-16-7-3-2-6-14(16)20-18(23)9-4-12-22-19(24)11-10-15(21-22)17-8-5-13-26-17/h2-3,5-8,10-11,13H,4,9,12H2,1H3,(H,20,23). The number of nitrogens with one attached hydrogen (secondary N) is 1. The normalized spacial score (nSPS) is 10.5. The molecule has 2 aromatic heterocycles. The number of hydrogen-bond acceptors (Lipinski definition) is 5. The van der Waals surface area contributed by atoms with E-state index in [9.17, 15) is 9.59 Å². The Labute approximate surface area is 150 Å². The van der Waals surface area contributed by atoms with Gasteiger partial charge in [0.15, 0.2) is 5.76 Å². The molecular formula is C19H19N3O4. The zero-order chi connectivity index (χ0) is 18.4. The summed E-state index contributed by atoms with van der Waals surface area (Å²) >= 11 is 0. The number of ether oxygens (including phenoxy) is 1. The third-order valence-corrected chi connectivity index (χ3v) is 3.80. The van der Waals surface area contributed by atoms with E-state index < -0.39 is 0 Å². The summed E-state index contributed by atoms with van der Waals surface area (Å²) < 4.78 is 11.8. The van der Waals surface area contributed by atoms with Gasteiger partial charge in [-0.05, 0) is 36.8 Å². The quantitative estimate of drug-likeness (QED) is 0.706. The maximum Gasteiger partial charge on any atom is 0.266 e. The summed E-state index contributed by atoms with van der Waals surface area (Å²) in [5, 5.41) is 7.09. The van der Waals surface area contributed by atoms with Gasteiger partial charge in [-0.2, -0.15) is 5.10 Å². The Kier molecular flexibility index (Phi) is 5.48. The van der Waals surface area contributed by atoms with Crippen LogP contribution in [0.5, 0.6) is 5.75 Å². The number of para-hydroxylation sites is 2. The molecule has 2 heterocycles. The first-order valence-corrected chi connectivity index (χ1v) is 8.22. The number of anilines is 1. The maximum absolute atomic E-state index is 12.1. The summed E-state index contributed by atoms with van der Waals surface area (Å²) in [6.07, 6.45) is 2.29. The zero-order valence-electron chi connectivity index (χ0n) is 14.3. The van der Waals surface area contributed by atoms with Gasteiger partial charge < -0.3 is 14.5 Å². The number of amides is 1. The van der Waals surface area contributed by atoms with Crippen molar-refractivity contribution in [3.8, 4) is 17.2 Å². The highest BCUT2D eigenvalue weighted by Gasteiger charge is 2.09. The molecule has 0 radical (unpaired) electrons. The number of nitrogens with zero attached hydrogens (tertiary/aromatic N) is 2. The minimum atomic E-state index is -0.217. The Morgan fingerprint density at radius 2 is 2.04 bits per heavy atom. The monoisotopic (exact) mass is 353 g/mol. The van der Waals surface area contributed by atoms with Crippen LogP contribution in [0.3, 0.4) is 0 Å². The highest BCUT2D eigenvalue weighted by atomic mass is 16.5. The summed E-state index contributed by atoms with van der Waals surface area (Å²) in [5.41, 5.74) is 0.980. The molecule has 26 heavy (non-hydrogen) atoms. The summed E-state index contributed by atoms with van der Waals surface area (Å²) in [5.74, 6) is 1.04. The molecule has 0 aliphatic heterocycles. The minimum Gasteiger partial charge on any atom is -0.495 e. The number of aromatic nitrogens is 2. The SMILES string of the molecule is COc1ccccc1NC(=O)CCCn1nc(-c2ccco2)ccc1=O. The van der Waals surface area contributed by atoms with Crippen molar-refractivity contribution < 1.29 is 13.9 Å². The van der Waals surface area contributed by atoms with Gasteiger partial charge in [0.25, 0.3) is 5.56 Å². The van der Waals surface area contributed by atoms with Crippen LogP contribution >= 0.6 is 0 Å². The number of methoxy groups -OCH3 is 1. The number of hydrogen-bond donors (Lipinski definition) is 1. The van der Waals surface area contributed by atoms with E-state index in [1.807, 2.05) is 12.1 Å². The smallest absolute Gasteiger partial charge is 0.266 e. The molecule has 0 spiro atoms. The predicted octanol–water partition coefficient (Wildman–Crippen LogP) is 2.93. The van der Waals surface area contributed by atoms with E-state index in [0.29, 0.717) is 35.9 Å². The molecule has 1 N–H and O–H groups in total. The number of aryl methyl sites for hydroxylation is 1. The molecule has 0 fully saturated rings. The van der Waals surface area contributed by atoms with Crippen LogP contribution in [-0.4, -0.2) is 22.8 Å². The van der Waals surface area contributed by atoms with E-state index in [1.54, 1.807) is 43.7 Å². The van der Waals surface area contributed by atoms with Crippen molar-refractivity contribution in [2.24, 2.45) is 0 Å². The van der Waals surface area contributed by atoms with Crippen molar-refractivity contribution in [1.29, 1.82) is 0 Å². The number of benzene rings is 1. The van der Waals surface area contributed by atoms with Crippen molar-refractivity contribution in [3.63, 3.8) is 0 Å². The summed E-state index contributed by atoms with van der Waals surface area (Å²) in [7, 11) is 1.55. The molecule has 0 aliphatic carbocycles. The van der Waals surface area contributed by atoms with Crippen LogP contribution in [0.4, 0.5) is 5.69 Å². The molecule has 0 atom stereocenters. The molecule has 0 bridgehead atoms. The molecule has 1 aromatic carbocycles. The fraction of sp³-hybridized carbons (Fsp3) is 0.211. The van der Waals surface area contributed by atoms with Crippen molar-refractivity contribution >= 4 is 11.6 Å². The van der Waals surface area contributed by atoms with Gasteiger partial charge in [0.1, 0.15) is 11.4 Å². The number of carbonyl (C=O) groups is 1. The van der Waals surface area contributed by atoms with Crippen LogP contribution in [-0.2, 0) is 11.3 Å². The highest BCUT2D eigenvalue weighted by Crippen LogP contribution is 2.23. The van der Waals surface area contributed by atoms with Crippen molar-refractivity contribution in [3.05, 3.63) is 65.1 Å². The van der Waals surface area contributed by atoms with Crippen LogP contribution in [0.25, 0.3) is 11.5 Å². The average molecular weight is 353 g/mol. The molecule has 0 unspecified atom stereocenters. The van der Waals surface area contributed by atoms with Crippen molar-refractivity contribution in [1.82, 2.24) is 9.78 Å². The number of rotatable bonds is 7. The van der Waals surface area contributed by atoms with E-state index in [2.05, 4.69) is 10.4 Å². The Hall–Kier alpha value is -3.35. The second kappa shape index (κ2) is 8.15. The topological polar surface area (TPSA) is 86.4 Å². The number of carbonyl (C=O) groups excluding carboxylic acids is 1. The number of furan rings is 1.